The van der Waals surface area contributed by atoms with Gasteiger partial charge in [0.25, 0.3) is 6.47 Å². The fourth-order valence-electron chi connectivity index (χ4n) is 0.392. The van der Waals surface area contributed by atoms with Crippen LogP contribution < -0.4 is 5.32 Å². The Bertz CT molecular complexity index is 92.7. The molecule has 1 N–H and O–H groups in total. The van der Waals surface area contributed by atoms with E-state index in [1.54, 1.807) is 21.6 Å². The van der Waals surface area contributed by atoms with Crippen molar-refractivity contribution in [3.05, 3.63) is 0 Å². The molecule has 0 aliphatic rings. The summed E-state index contributed by atoms with van der Waals surface area (Å²) in [5.74, 6) is 1.95. The molecule has 5 heteroatoms. The van der Waals surface area contributed by atoms with Gasteiger partial charge in [0.1, 0.15) is 6.61 Å². The Hall–Kier alpha value is 0.130. The van der Waals surface area contributed by atoms with Gasteiger partial charge in [-0.1, -0.05) is 21.6 Å². The van der Waals surface area contributed by atoms with Crippen molar-refractivity contribution >= 4 is 28.1 Å². The van der Waals surface area contributed by atoms with Gasteiger partial charge in [-0.2, -0.15) is 0 Å². The highest BCUT2D eigenvalue weighted by Crippen LogP contribution is 2.19. The lowest BCUT2D eigenvalue weighted by Gasteiger charge is -1.99. The van der Waals surface area contributed by atoms with Gasteiger partial charge in [-0.05, 0) is 7.05 Å². The second kappa shape index (κ2) is 10.1. The standard InChI is InChI=1S/C6H13NO2S2/c1-7-2-4-10-11-5-3-9-6-8/h6-7H,2-5H2,1H3. The smallest absolute Gasteiger partial charge is 0.293 e. The molecule has 0 radical (unpaired) electrons. The molecule has 0 saturated heterocycles. The lowest BCUT2D eigenvalue weighted by Crippen LogP contribution is -2.09. The number of nitrogens with one attached hydrogen (secondary N) is 1. The van der Waals surface area contributed by atoms with E-state index in [1.165, 1.54) is 0 Å². The minimum Gasteiger partial charge on any atom is -0.467 e. The summed E-state index contributed by atoms with van der Waals surface area (Å²) in [7, 11) is 5.44. The average Bonchev–Trinajstić information content (AvgIpc) is 2.03. The van der Waals surface area contributed by atoms with Crippen molar-refractivity contribution in [2.75, 3.05) is 31.7 Å². The Morgan fingerprint density at radius 1 is 1.45 bits per heavy atom. The first-order chi connectivity index (χ1) is 5.41. The largest absolute Gasteiger partial charge is 0.467 e. The highest BCUT2D eigenvalue weighted by atomic mass is 33.1. The third-order valence-corrected chi connectivity index (χ3v) is 3.24. The van der Waals surface area contributed by atoms with Gasteiger partial charge in [0.2, 0.25) is 0 Å². The first-order valence-corrected chi connectivity index (χ1v) is 5.85. The van der Waals surface area contributed by atoms with E-state index in [-0.39, 0.29) is 0 Å². The van der Waals surface area contributed by atoms with Gasteiger partial charge in [0.05, 0.1) is 0 Å². The zero-order valence-electron chi connectivity index (χ0n) is 6.54. The molecule has 0 spiro atoms. The van der Waals surface area contributed by atoms with Gasteiger partial charge in [-0.15, -0.1) is 0 Å². The molecule has 0 aromatic rings. The molecular formula is C6H13NO2S2. The van der Waals surface area contributed by atoms with Crippen molar-refractivity contribution in [1.29, 1.82) is 0 Å². The van der Waals surface area contributed by atoms with Crippen LogP contribution in [0.15, 0.2) is 0 Å². The first kappa shape index (κ1) is 11.1. The zero-order valence-corrected chi connectivity index (χ0v) is 8.17. The van der Waals surface area contributed by atoms with Crippen LogP contribution in [0, 0.1) is 0 Å². The van der Waals surface area contributed by atoms with E-state index in [1.807, 2.05) is 7.05 Å². The van der Waals surface area contributed by atoms with Crippen LogP contribution in [0.2, 0.25) is 0 Å². The topological polar surface area (TPSA) is 38.3 Å². The number of carbonyl (C=O) groups excluding carboxylic acids is 1. The third kappa shape index (κ3) is 10.1. The fourth-order valence-corrected chi connectivity index (χ4v) is 2.24. The molecule has 0 fully saturated rings. The van der Waals surface area contributed by atoms with Crippen molar-refractivity contribution in [3.8, 4) is 0 Å². The normalized spacial score (nSPS) is 9.55. The van der Waals surface area contributed by atoms with Crippen LogP contribution in [0.3, 0.4) is 0 Å². The minimum absolute atomic E-state index is 0.485. The maximum atomic E-state index is 9.69. The second-order valence-electron chi connectivity index (χ2n) is 1.71. The van der Waals surface area contributed by atoms with Crippen LogP contribution in [0.4, 0.5) is 0 Å². The molecule has 0 unspecified atom stereocenters. The number of rotatable bonds is 8. The SMILES string of the molecule is CNCCSSCCOC=O. The molecule has 0 bridgehead atoms. The van der Waals surface area contributed by atoms with Crippen LogP contribution in [-0.4, -0.2) is 38.2 Å². The molecule has 0 saturated carbocycles. The Kier molecular flexibility index (Phi) is 10.2. The quantitative estimate of drug-likeness (QED) is 0.352. The fraction of sp³-hybridized carbons (Fsp3) is 0.833. The Morgan fingerprint density at radius 3 is 2.82 bits per heavy atom. The minimum atomic E-state index is 0.485. The average molecular weight is 195 g/mol. The van der Waals surface area contributed by atoms with Crippen LogP contribution in [0.5, 0.6) is 0 Å². The van der Waals surface area contributed by atoms with Crippen molar-refractivity contribution in [2.24, 2.45) is 0 Å². The van der Waals surface area contributed by atoms with Gasteiger partial charge >= 0.3 is 0 Å². The molecule has 3 nitrogen and oxygen atoms in total. The van der Waals surface area contributed by atoms with Crippen LogP contribution in [0.1, 0.15) is 0 Å². The van der Waals surface area contributed by atoms with Crippen molar-refractivity contribution in [1.82, 2.24) is 5.32 Å². The van der Waals surface area contributed by atoms with E-state index in [0.717, 1.165) is 18.1 Å². The molecule has 0 aliphatic heterocycles. The molecule has 0 atom stereocenters. The van der Waals surface area contributed by atoms with Gasteiger partial charge in [0.15, 0.2) is 0 Å². The Morgan fingerprint density at radius 2 is 2.18 bits per heavy atom. The highest BCUT2D eigenvalue weighted by Gasteiger charge is 1.89. The van der Waals surface area contributed by atoms with Gasteiger partial charge in [-0.25, -0.2) is 0 Å². The number of ether oxygens (including phenoxy) is 1. The summed E-state index contributed by atoms with van der Waals surface area (Å²) in [6.45, 7) is 2.02. The van der Waals surface area contributed by atoms with Crippen molar-refractivity contribution in [2.45, 2.75) is 0 Å². The van der Waals surface area contributed by atoms with Crippen LogP contribution in [0.25, 0.3) is 0 Å². The molecule has 0 rings (SSSR count). The van der Waals surface area contributed by atoms with E-state index in [9.17, 15) is 4.79 Å². The first-order valence-electron chi connectivity index (χ1n) is 3.36. The monoisotopic (exact) mass is 195 g/mol. The Balaban J connectivity index is 2.74. The molecule has 0 aromatic carbocycles. The summed E-state index contributed by atoms with van der Waals surface area (Å²) in [6.07, 6.45) is 0. The molecule has 11 heavy (non-hydrogen) atoms. The summed E-state index contributed by atoms with van der Waals surface area (Å²) in [5, 5.41) is 3.05. The summed E-state index contributed by atoms with van der Waals surface area (Å²) < 4.78 is 4.51. The molecule has 66 valence electrons. The second-order valence-corrected chi connectivity index (χ2v) is 4.42. The summed E-state index contributed by atoms with van der Waals surface area (Å²) in [5.41, 5.74) is 0. The zero-order chi connectivity index (χ0) is 8.36. The van der Waals surface area contributed by atoms with Crippen molar-refractivity contribution in [3.63, 3.8) is 0 Å². The summed E-state index contributed by atoms with van der Waals surface area (Å²) in [4.78, 5) is 9.69. The molecule has 0 aromatic heterocycles. The van der Waals surface area contributed by atoms with Gasteiger partial charge in [0, 0.05) is 18.1 Å². The van der Waals surface area contributed by atoms with E-state index in [2.05, 4.69) is 10.1 Å². The molecule has 0 heterocycles. The maximum Gasteiger partial charge on any atom is 0.293 e. The van der Waals surface area contributed by atoms with Crippen molar-refractivity contribution < 1.29 is 9.53 Å². The van der Waals surface area contributed by atoms with E-state index in [4.69, 9.17) is 0 Å². The molecular weight excluding hydrogens is 182 g/mol. The lowest BCUT2D eigenvalue weighted by molar-refractivity contribution is -0.128. The molecule has 0 amide bonds. The third-order valence-electron chi connectivity index (χ3n) is 0.871. The number of hydrogen-bond donors (Lipinski definition) is 1. The predicted octanol–water partition coefficient (Wildman–Crippen LogP) is 0.760. The number of hydrogen-bond acceptors (Lipinski definition) is 5. The van der Waals surface area contributed by atoms with Gasteiger partial charge < -0.3 is 10.1 Å². The Labute approximate surface area is 75.0 Å². The van der Waals surface area contributed by atoms with E-state index in [0.29, 0.717) is 13.1 Å². The van der Waals surface area contributed by atoms with Crippen LogP contribution in [-0.2, 0) is 9.53 Å². The lowest BCUT2D eigenvalue weighted by atomic mass is 10.8. The number of carbonyl (C=O) groups is 1. The van der Waals surface area contributed by atoms with Crippen LogP contribution >= 0.6 is 21.6 Å². The summed E-state index contributed by atoms with van der Waals surface area (Å²) >= 11 is 0. The van der Waals surface area contributed by atoms with E-state index >= 15 is 0 Å². The van der Waals surface area contributed by atoms with E-state index < -0.39 is 0 Å². The van der Waals surface area contributed by atoms with Gasteiger partial charge in [-0.3, -0.25) is 4.79 Å². The molecule has 0 aliphatic carbocycles. The summed E-state index contributed by atoms with van der Waals surface area (Å²) in [6, 6.07) is 0. The maximum absolute atomic E-state index is 9.69. The highest BCUT2D eigenvalue weighted by molar-refractivity contribution is 8.76. The predicted molar refractivity (Wildman–Crippen MR) is 50.9 cm³/mol.